The van der Waals surface area contributed by atoms with Gasteiger partial charge in [-0.15, -0.1) is 10.2 Å². The maximum atomic E-state index is 11.0. The number of nitrogens with zero attached hydrogens (tertiary/aromatic N) is 3. The summed E-state index contributed by atoms with van der Waals surface area (Å²) in [6, 6.07) is 15.1. The second-order valence-corrected chi connectivity index (χ2v) is 6.59. The topological polar surface area (TPSA) is 86.5 Å². The van der Waals surface area contributed by atoms with Gasteiger partial charge in [0, 0.05) is 0 Å². The number of carboxylic acid groups (broad SMARTS) is 1. The van der Waals surface area contributed by atoms with E-state index >= 15 is 0 Å². The number of thioether (sulfide) groups is 1. The third kappa shape index (κ3) is 4.40. The molecule has 1 heterocycles. The van der Waals surface area contributed by atoms with Gasteiger partial charge < -0.3 is 14.6 Å². The van der Waals surface area contributed by atoms with Crippen molar-refractivity contribution < 1.29 is 19.4 Å². The summed E-state index contributed by atoms with van der Waals surface area (Å²) >= 11 is 1.09. The average molecular weight is 385 g/mol. The molecule has 27 heavy (non-hydrogen) atoms. The third-order valence-corrected chi connectivity index (χ3v) is 4.72. The minimum atomic E-state index is -0.924. The Morgan fingerprint density at radius 3 is 2.52 bits per heavy atom. The maximum Gasteiger partial charge on any atom is 0.313 e. The predicted octanol–water partition coefficient (Wildman–Crippen LogP) is 3.34. The van der Waals surface area contributed by atoms with E-state index in [0.717, 1.165) is 28.8 Å². The number of hydrogen-bond acceptors (Lipinski definition) is 6. The molecule has 3 rings (SSSR count). The first-order valence-corrected chi connectivity index (χ1v) is 9.19. The molecule has 140 valence electrons. The summed E-state index contributed by atoms with van der Waals surface area (Å²) in [4.78, 5) is 11.0. The molecule has 0 amide bonds. The highest BCUT2D eigenvalue weighted by atomic mass is 32.2. The molecule has 0 bridgehead atoms. The molecule has 0 aliphatic rings. The smallest absolute Gasteiger partial charge is 0.313 e. The molecule has 0 atom stereocenters. The normalized spacial score (nSPS) is 10.6. The van der Waals surface area contributed by atoms with Crippen LogP contribution in [-0.4, -0.2) is 38.7 Å². The first-order valence-electron chi connectivity index (χ1n) is 8.21. The number of benzene rings is 2. The van der Waals surface area contributed by atoms with Gasteiger partial charge in [0.15, 0.2) is 11.0 Å². The van der Waals surface area contributed by atoms with E-state index in [2.05, 4.69) is 10.2 Å². The molecule has 0 saturated heterocycles. The Bertz CT molecular complexity index is 942. The second kappa shape index (κ2) is 8.59. The lowest BCUT2D eigenvalue weighted by Crippen LogP contribution is -2.09. The molecule has 8 heteroatoms. The van der Waals surface area contributed by atoms with Gasteiger partial charge in [0.1, 0.15) is 18.1 Å². The van der Waals surface area contributed by atoms with Crippen LogP contribution in [0.25, 0.3) is 5.69 Å². The predicted molar refractivity (Wildman–Crippen MR) is 102 cm³/mol. The van der Waals surface area contributed by atoms with Crippen molar-refractivity contribution in [3.63, 3.8) is 0 Å². The monoisotopic (exact) mass is 385 g/mol. The number of methoxy groups -OCH3 is 1. The van der Waals surface area contributed by atoms with Crippen LogP contribution < -0.4 is 9.47 Å². The Labute approximate surface area is 161 Å². The van der Waals surface area contributed by atoms with Gasteiger partial charge in [0.05, 0.1) is 18.6 Å². The van der Waals surface area contributed by atoms with E-state index in [4.69, 9.17) is 14.6 Å². The fourth-order valence-electron chi connectivity index (χ4n) is 2.53. The Morgan fingerprint density at radius 2 is 1.81 bits per heavy atom. The van der Waals surface area contributed by atoms with Gasteiger partial charge >= 0.3 is 5.97 Å². The van der Waals surface area contributed by atoms with Crippen LogP contribution in [-0.2, 0) is 11.4 Å². The molecule has 0 fully saturated rings. The molecule has 0 aliphatic heterocycles. The van der Waals surface area contributed by atoms with Crippen molar-refractivity contribution in [3.8, 4) is 17.2 Å². The number of hydrogen-bond donors (Lipinski definition) is 1. The zero-order valence-corrected chi connectivity index (χ0v) is 15.8. The van der Waals surface area contributed by atoms with Crippen molar-refractivity contribution >= 4 is 17.7 Å². The number of para-hydroxylation sites is 3. The molecule has 2 aromatic carbocycles. The van der Waals surface area contributed by atoms with Crippen LogP contribution >= 0.6 is 11.8 Å². The lowest BCUT2D eigenvalue weighted by atomic mass is 10.2. The SMILES string of the molecule is COc1ccccc1-n1c(COc2ccccc2C)nnc1SCC(=O)O. The van der Waals surface area contributed by atoms with Crippen LogP contribution in [0.2, 0.25) is 0 Å². The van der Waals surface area contributed by atoms with E-state index < -0.39 is 5.97 Å². The molecule has 0 radical (unpaired) electrons. The van der Waals surface area contributed by atoms with Gasteiger partial charge in [-0.2, -0.15) is 0 Å². The van der Waals surface area contributed by atoms with Crippen molar-refractivity contribution in [2.24, 2.45) is 0 Å². The first kappa shape index (κ1) is 18.8. The van der Waals surface area contributed by atoms with Crippen LogP contribution in [0.4, 0.5) is 0 Å². The summed E-state index contributed by atoms with van der Waals surface area (Å²) < 4.78 is 13.1. The van der Waals surface area contributed by atoms with Crippen molar-refractivity contribution in [1.29, 1.82) is 0 Å². The molecule has 0 spiro atoms. The van der Waals surface area contributed by atoms with Crippen molar-refractivity contribution in [2.45, 2.75) is 18.7 Å². The number of aliphatic carboxylic acids is 1. The lowest BCUT2D eigenvalue weighted by Gasteiger charge is -2.14. The molecule has 1 aromatic heterocycles. The van der Waals surface area contributed by atoms with Crippen molar-refractivity contribution in [2.75, 3.05) is 12.9 Å². The Kier molecular flexibility index (Phi) is 5.97. The van der Waals surface area contributed by atoms with Crippen LogP contribution in [0.5, 0.6) is 11.5 Å². The van der Waals surface area contributed by atoms with Crippen molar-refractivity contribution in [3.05, 3.63) is 59.9 Å². The fraction of sp³-hybridized carbons (Fsp3) is 0.211. The summed E-state index contributed by atoms with van der Waals surface area (Å²) in [5.41, 5.74) is 1.74. The molecule has 0 aliphatic carbocycles. The Balaban J connectivity index is 1.96. The van der Waals surface area contributed by atoms with Crippen LogP contribution in [0, 0.1) is 6.92 Å². The van der Waals surface area contributed by atoms with Gasteiger partial charge in [-0.05, 0) is 30.7 Å². The number of ether oxygens (including phenoxy) is 2. The standard InChI is InChI=1S/C19H19N3O4S/c1-13-7-3-5-9-15(13)26-11-17-20-21-19(27-12-18(23)24)22(17)14-8-4-6-10-16(14)25-2/h3-10H,11-12H2,1-2H3,(H,23,24). The van der Waals surface area contributed by atoms with E-state index in [1.54, 1.807) is 11.7 Å². The van der Waals surface area contributed by atoms with E-state index in [-0.39, 0.29) is 12.4 Å². The average Bonchev–Trinajstić information content (AvgIpc) is 3.08. The first-order chi connectivity index (χ1) is 13.1. The highest BCUT2D eigenvalue weighted by molar-refractivity contribution is 7.99. The Morgan fingerprint density at radius 1 is 1.11 bits per heavy atom. The van der Waals surface area contributed by atoms with Crippen molar-refractivity contribution in [1.82, 2.24) is 14.8 Å². The summed E-state index contributed by atoms with van der Waals surface area (Å²) in [6.45, 7) is 2.15. The molecule has 1 N–H and O–H groups in total. The van der Waals surface area contributed by atoms with Gasteiger partial charge in [-0.1, -0.05) is 42.1 Å². The number of rotatable bonds is 8. The molecule has 7 nitrogen and oxygen atoms in total. The van der Waals surface area contributed by atoms with Gasteiger partial charge in [-0.3, -0.25) is 9.36 Å². The molecule has 3 aromatic rings. The quantitative estimate of drug-likeness (QED) is 0.595. The van der Waals surface area contributed by atoms with E-state index in [9.17, 15) is 4.79 Å². The Hall–Kier alpha value is -3.00. The summed E-state index contributed by atoms with van der Waals surface area (Å²) in [6.07, 6.45) is 0. The largest absolute Gasteiger partial charge is 0.495 e. The van der Waals surface area contributed by atoms with Gasteiger partial charge in [-0.25, -0.2) is 0 Å². The summed E-state index contributed by atoms with van der Waals surface area (Å²) in [7, 11) is 1.58. The molecular weight excluding hydrogens is 366 g/mol. The third-order valence-electron chi connectivity index (χ3n) is 3.80. The summed E-state index contributed by atoms with van der Waals surface area (Å²) in [5, 5.41) is 17.8. The van der Waals surface area contributed by atoms with Gasteiger partial charge in [0.25, 0.3) is 0 Å². The molecular formula is C19H19N3O4S. The van der Waals surface area contributed by atoms with E-state index in [1.165, 1.54) is 0 Å². The van der Waals surface area contributed by atoms with E-state index in [1.807, 2.05) is 55.5 Å². The molecule has 0 saturated carbocycles. The minimum absolute atomic E-state index is 0.119. The number of aryl methyl sites for hydroxylation is 1. The lowest BCUT2D eigenvalue weighted by molar-refractivity contribution is -0.133. The van der Waals surface area contributed by atoms with Gasteiger partial charge in [0.2, 0.25) is 0 Å². The van der Waals surface area contributed by atoms with Crippen LogP contribution in [0.1, 0.15) is 11.4 Å². The highest BCUT2D eigenvalue weighted by Gasteiger charge is 2.19. The fourth-order valence-corrected chi connectivity index (χ4v) is 3.21. The highest BCUT2D eigenvalue weighted by Crippen LogP contribution is 2.29. The van der Waals surface area contributed by atoms with Crippen LogP contribution in [0.15, 0.2) is 53.7 Å². The number of carbonyl (C=O) groups is 1. The number of carboxylic acids is 1. The zero-order chi connectivity index (χ0) is 19.2. The second-order valence-electron chi connectivity index (χ2n) is 5.64. The molecule has 0 unspecified atom stereocenters. The summed E-state index contributed by atoms with van der Waals surface area (Å²) in [5.74, 6) is 0.896. The van der Waals surface area contributed by atoms with E-state index in [0.29, 0.717) is 16.7 Å². The maximum absolute atomic E-state index is 11.0. The van der Waals surface area contributed by atoms with Crippen LogP contribution in [0.3, 0.4) is 0 Å². The number of aromatic nitrogens is 3. The minimum Gasteiger partial charge on any atom is -0.495 e. The zero-order valence-electron chi connectivity index (χ0n) is 15.0.